The quantitative estimate of drug-likeness (QED) is 0.583. The Labute approximate surface area is 228 Å². The predicted octanol–water partition coefficient (Wildman–Crippen LogP) is 2.36. The first kappa shape index (κ1) is 27.0. The van der Waals surface area contributed by atoms with E-state index in [2.05, 4.69) is 40.5 Å². The maximum atomic E-state index is 14.1. The van der Waals surface area contributed by atoms with Gasteiger partial charge in [-0.2, -0.15) is 5.26 Å². The first-order valence-corrected chi connectivity index (χ1v) is 13.5. The number of amides is 3. The van der Waals surface area contributed by atoms with E-state index in [-0.39, 0.29) is 40.9 Å². The zero-order valence-electron chi connectivity index (χ0n) is 23.1. The SMILES string of the molecule is CC(C)(C)C(NC(=O)C1CCOC1)C(=O)N1C[C@H]2[C@@H]([C@H]1C(=O)NC(C#N)c1cncc3ccncc13)C2(C)C. The average molecular weight is 533 g/mol. The Hall–Kier alpha value is -3.58. The van der Waals surface area contributed by atoms with Gasteiger partial charge in [0.25, 0.3) is 0 Å². The summed E-state index contributed by atoms with van der Waals surface area (Å²) in [5.74, 6) is -1.01. The van der Waals surface area contributed by atoms with Gasteiger partial charge >= 0.3 is 0 Å². The minimum atomic E-state index is -0.962. The number of nitrogens with one attached hydrogen (secondary N) is 2. The number of carbonyl (C=O) groups is 3. The van der Waals surface area contributed by atoms with Crippen LogP contribution in [0.2, 0.25) is 0 Å². The number of rotatable bonds is 6. The molecule has 0 spiro atoms. The molecule has 3 amide bonds. The number of nitriles is 1. The van der Waals surface area contributed by atoms with Crippen LogP contribution in [0.4, 0.5) is 0 Å². The van der Waals surface area contributed by atoms with Crippen LogP contribution in [0.3, 0.4) is 0 Å². The van der Waals surface area contributed by atoms with Crippen LogP contribution in [0.25, 0.3) is 10.8 Å². The Morgan fingerprint density at radius 3 is 2.59 bits per heavy atom. The van der Waals surface area contributed by atoms with Gasteiger partial charge in [0, 0.05) is 54.3 Å². The lowest BCUT2D eigenvalue weighted by molar-refractivity contribution is -0.146. The second-order valence-electron chi connectivity index (χ2n) is 12.7. The molecule has 10 nitrogen and oxygen atoms in total. The maximum Gasteiger partial charge on any atom is 0.246 e. The second-order valence-corrected chi connectivity index (χ2v) is 12.7. The van der Waals surface area contributed by atoms with Crippen molar-refractivity contribution in [3.63, 3.8) is 0 Å². The van der Waals surface area contributed by atoms with Crippen molar-refractivity contribution in [2.24, 2.45) is 28.6 Å². The summed E-state index contributed by atoms with van der Waals surface area (Å²) in [6.45, 7) is 11.2. The molecule has 3 fully saturated rings. The van der Waals surface area contributed by atoms with E-state index >= 15 is 0 Å². The molecule has 39 heavy (non-hydrogen) atoms. The van der Waals surface area contributed by atoms with Crippen LogP contribution < -0.4 is 10.6 Å². The molecule has 0 aromatic carbocycles. The highest BCUT2D eigenvalue weighted by molar-refractivity contribution is 5.95. The van der Waals surface area contributed by atoms with Crippen molar-refractivity contribution < 1.29 is 19.1 Å². The summed E-state index contributed by atoms with van der Waals surface area (Å²) < 4.78 is 5.36. The molecule has 1 aliphatic carbocycles. The van der Waals surface area contributed by atoms with Gasteiger partial charge in [0.1, 0.15) is 18.1 Å². The van der Waals surface area contributed by atoms with Crippen LogP contribution in [0.15, 0.2) is 30.9 Å². The molecule has 10 heteroatoms. The number of nitrogens with zero attached hydrogens (tertiary/aromatic N) is 4. The number of ether oxygens (including phenoxy) is 1. The number of aromatic nitrogens is 2. The minimum Gasteiger partial charge on any atom is -0.381 e. The lowest BCUT2D eigenvalue weighted by Gasteiger charge is -2.38. The van der Waals surface area contributed by atoms with Crippen LogP contribution in [0.5, 0.6) is 0 Å². The first-order valence-electron chi connectivity index (χ1n) is 13.5. The van der Waals surface area contributed by atoms with Gasteiger partial charge < -0.3 is 20.3 Å². The van der Waals surface area contributed by atoms with E-state index in [0.717, 1.165) is 10.8 Å². The Balaban J connectivity index is 1.40. The van der Waals surface area contributed by atoms with Crippen molar-refractivity contribution in [1.29, 1.82) is 5.26 Å². The standard InChI is InChI=1S/C29H36N6O4/c1-28(2,3)24(34-25(36)17-7-9-39-15-17)27(38)35-14-20-22(29(20,4)5)23(35)26(37)33-21(10-30)19-13-32-11-16-6-8-31-12-18(16)19/h6,8,11-13,17,20-24H,7,9,14-15H2,1-5H3,(H,33,37)(H,34,36)/t17?,20-,21?,22-,23-,24?/m0/s1. The van der Waals surface area contributed by atoms with Crippen molar-refractivity contribution in [2.45, 2.75) is 59.2 Å². The van der Waals surface area contributed by atoms with Crippen LogP contribution in [-0.2, 0) is 19.1 Å². The lowest BCUT2D eigenvalue weighted by atomic mass is 9.84. The average Bonchev–Trinajstić information content (AvgIpc) is 3.36. The summed E-state index contributed by atoms with van der Waals surface area (Å²) >= 11 is 0. The molecule has 3 unspecified atom stereocenters. The van der Waals surface area contributed by atoms with E-state index in [1.54, 1.807) is 35.8 Å². The molecule has 4 heterocycles. The zero-order chi connectivity index (χ0) is 28.1. The molecular formula is C29H36N6O4. The van der Waals surface area contributed by atoms with E-state index in [0.29, 0.717) is 31.7 Å². The van der Waals surface area contributed by atoms with Gasteiger partial charge in [-0.1, -0.05) is 34.6 Å². The monoisotopic (exact) mass is 532 g/mol. The number of hydrogen-bond donors (Lipinski definition) is 2. The number of pyridine rings is 2. The second kappa shape index (κ2) is 9.87. The van der Waals surface area contributed by atoms with E-state index in [1.165, 1.54) is 0 Å². The molecule has 2 aliphatic heterocycles. The van der Waals surface area contributed by atoms with Crippen LogP contribution in [-0.4, -0.2) is 64.4 Å². The minimum absolute atomic E-state index is 0.0346. The van der Waals surface area contributed by atoms with Gasteiger partial charge in [0.2, 0.25) is 17.7 Å². The van der Waals surface area contributed by atoms with Crippen LogP contribution in [0.1, 0.15) is 52.6 Å². The fourth-order valence-electron chi connectivity index (χ4n) is 6.29. The molecule has 6 atom stereocenters. The van der Waals surface area contributed by atoms with Gasteiger partial charge in [-0.25, -0.2) is 0 Å². The Bertz CT molecular complexity index is 1330. The predicted molar refractivity (Wildman–Crippen MR) is 143 cm³/mol. The largest absolute Gasteiger partial charge is 0.381 e. The molecule has 2 saturated heterocycles. The van der Waals surface area contributed by atoms with Crippen molar-refractivity contribution in [3.8, 4) is 6.07 Å². The summed E-state index contributed by atoms with van der Waals surface area (Å²) in [7, 11) is 0. The van der Waals surface area contributed by atoms with Crippen molar-refractivity contribution in [1.82, 2.24) is 25.5 Å². The van der Waals surface area contributed by atoms with Crippen molar-refractivity contribution in [3.05, 3.63) is 36.4 Å². The molecule has 2 aromatic heterocycles. The molecule has 2 aromatic rings. The Morgan fingerprint density at radius 1 is 1.15 bits per heavy atom. The fourth-order valence-corrected chi connectivity index (χ4v) is 6.29. The summed E-state index contributed by atoms with van der Waals surface area (Å²) in [5, 5.41) is 17.4. The zero-order valence-corrected chi connectivity index (χ0v) is 23.1. The summed E-state index contributed by atoms with van der Waals surface area (Å²) in [6, 6.07) is 1.48. The lowest BCUT2D eigenvalue weighted by Crippen LogP contribution is -2.60. The highest BCUT2D eigenvalue weighted by Crippen LogP contribution is 2.65. The molecule has 0 bridgehead atoms. The highest BCUT2D eigenvalue weighted by Gasteiger charge is 2.69. The van der Waals surface area contributed by atoms with Crippen molar-refractivity contribution >= 4 is 28.5 Å². The number of fused-ring (bicyclic) bond motifs is 2. The molecule has 206 valence electrons. The number of likely N-dealkylation sites (tertiary alicyclic amines) is 1. The van der Waals surface area contributed by atoms with Gasteiger partial charge in [-0.3, -0.25) is 24.4 Å². The van der Waals surface area contributed by atoms with Gasteiger partial charge in [0.05, 0.1) is 18.6 Å². The highest BCUT2D eigenvalue weighted by atomic mass is 16.5. The molecule has 5 rings (SSSR count). The number of piperidine rings is 1. The molecule has 2 N–H and O–H groups in total. The van der Waals surface area contributed by atoms with E-state index < -0.39 is 23.5 Å². The normalized spacial score (nSPS) is 26.8. The third kappa shape index (κ3) is 4.84. The molecule has 1 saturated carbocycles. The van der Waals surface area contributed by atoms with Gasteiger partial charge in [-0.15, -0.1) is 0 Å². The molecular weight excluding hydrogens is 496 g/mol. The maximum absolute atomic E-state index is 14.1. The third-order valence-corrected chi connectivity index (χ3v) is 8.78. The van der Waals surface area contributed by atoms with Crippen molar-refractivity contribution in [2.75, 3.05) is 19.8 Å². The van der Waals surface area contributed by atoms with Crippen LogP contribution in [0, 0.1) is 39.9 Å². The van der Waals surface area contributed by atoms with Gasteiger partial charge in [-0.05, 0) is 35.2 Å². The summed E-state index contributed by atoms with van der Waals surface area (Å²) in [4.78, 5) is 50.9. The topological polar surface area (TPSA) is 137 Å². The van der Waals surface area contributed by atoms with Crippen LogP contribution >= 0.6 is 0 Å². The Morgan fingerprint density at radius 2 is 1.92 bits per heavy atom. The smallest absolute Gasteiger partial charge is 0.246 e. The molecule has 0 radical (unpaired) electrons. The van der Waals surface area contributed by atoms with Gasteiger partial charge in [0.15, 0.2) is 0 Å². The van der Waals surface area contributed by atoms with E-state index in [9.17, 15) is 19.6 Å². The van der Waals surface area contributed by atoms with E-state index in [1.807, 2.05) is 20.8 Å². The van der Waals surface area contributed by atoms with E-state index in [4.69, 9.17) is 4.74 Å². The number of hydrogen-bond acceptors (Lipinski definition) is 7. The fraction of sp³-hybridized carbons (Fsp3) is 0.586. The Kier molecular flexibility index (Phi) is 6.83. The summed E-state index contributed by atoms with van der Waals surface area (Å²) in [5.41, 5.74) is -0.127. The summed E-state index contributed by atoms with van der Waals surface area (Å²) in [6.07, 6.45) is 7.18. The third-order valence-electron chi connectivity index (χ3n) is 8.78. The molecule has 3 aliphatic rings. The number of carbonyl (C=O) groups excluding carboxylic acids is 3. The first-order chi connectivity index (χ1) is 18.4.